The Labute approximate surface area is 91.0 Å². The van der Waals surface area contributed by atoms with Crippen LogP contribution in [-0.4, -0.2) is 11.6 Å². The molecule has 0 fully saturated rings. The van der Waals surface area contributed by atoms with E-state index in [4.69, 9.17) is 10.5 Å². The highest BCUT2D eigenvalue weighted by molar-refractivity contribution is 5.31. The maximum absolute atomic E-state index is 5.69. The van der Waals surface area contributed by atoms with E-state index in [-0.39, 0.29) is 0 Å². The highest BCUT2D eigenvalue weighted by Crippen LogP contribution is 2.14. The average Bonchev–Trinajstić information content (AvgIpc) is 2.17. The quantitative estimate of drug-likeness (QED) is 0.591. The summed E-state index contributed by atoms with van der Waals surface area (Å²) in [5.41, 5.74) is 9.90. The summed E-state index contributed by atoms with van der Waals surface area (Å²) >= 11 is 0. The standard InChI is InChI=1S/C12H18N2O/c1-4-5-15-8-11-6-9(2)14-10(3)12(11)7-13/h4,6H,1,5,7-8,13H2,2-3H3. The van der Waals surface area contributed by atoms with Crippen LogP contribution in [0.25, 0.3) is 0 Å². The van der Waals surface area contributed by atoms with Crippen molar-refractivity contribution in [3.63, 3.8) is 0 Å². The Morgan fingerprint density at radius 2 is 2.27 bits per heavy atom. The summed E-state index contributed by atoms with van der Waals surface area (Å²) in [6, 6.07) is 2.03. The molecule has 0 atom stereocenters. The fourth-order valence-corrected chi connectivity index (χ4v) is 1.60. The molecule has 0 aliphatic heterocycles. The third-order valence-electron chi connectivity index (χ3n) is 2.25. The van der Waals surface area contributed by atoms with E-state index in [0.717, 1.165) is 22.5 Å². The van der Waals surface area contributed by atoms with E-state index in [9.17, 15) is 0 Å². The van der Waals surface area contributed by atoms with Gasteiger partial charge in [-0.1, -0.05) is 6.08 Å². The SMILES string of the molecule is C=CCOCc1cc(C)nc(C)c1CN. The first kappa shape index (κ1) is 11.9. The fraction of sp³-hybridized carbons (Fsp3) is 0.417. The lowest BCUT2D eigenvalue weighted by Crippen LogP contribution is -2.08. The maximum Gasteiger partial charge on any atom is 0.0725 e. The Bertz CT molecular complexity index is 348. The minimum atomic E-state index is 0.506. The smallest absolute Gasteiger partial charge is 0.0725 e. The van der Waals surface area contributed by atoms with Crippen molar-refractivity contribution in [1.82, 2.24) is 4.98 Å². The van der Waals surface area contributed by atoms with Gasteiger partial charge in [0, 0.05) is 17.9 Å². The van der Waals surface area contributed by atoms with Gasteiger partial charge in [-0.25, -0.2) is 0 Å². The fourth-order valence-electron chi connectivity index (χ4n) is 1.60. The molecule has 0 saturated carbocycles. The molecular formula is C12H18N2O. The normalized spacial score (nSPS) is 10.3. The Morgan fingerprint density at radius 3 is 2.87 bits per heavy atom. The van der Waals surface area contributed by atoms with Crippen molar-refractivity contribution in [2.24, 2.45) is 5.73 Å². The molecule has 1 aromatic rings. The number of hydrogen-bond acceptors (Lipinski definition) is 3. The van der Waals surface area contributed by atoms with Crippen molar-refractivity contribution in [3.05, 3.63) is 41.2 Å². The molecule has 0 saturated heterocycles. The number of ether oxygens (including phenoxy) is 1. The Kier molecular flexibility index (Phi) is 4.46. The van der Waals surface area contributed by atoms with Crippen LogP contribution in [0.15, 0.2) is 18.7 Å². The Hall–Kier alpha value is -1.19. The number of pyridine rings is 1. The second kappa shape index (κ2) is 5.63. The van der Waals surface area contributed by atoms with E-state index in [1.165, 1.54) is 0 Å². The van der Waals surface area contributed by atoms with E-state index in [1.807, 2.05) is 19.9 Å². The van der Waals surface area contributed by atoms with Gasteiger partial charge in [-0.15, -0.1) is 6.58 Å². The van der Waals surface area contributed by atoms with Crippen LogP contribution in [0.5, 0.6) is 0 Å². The molecule has 0 aromatic carbocycles. The highest BCUT2D eigenvalue weighted by Gasteiger charge is 2.06. The molecule has 1 heterocycles. The van der Waals surface area contributed by atoms with Gasteiger partial charge in [0.05, 0.1) is 13.2 Å². The lowest BCUT2D eigenvalue weighted by Gasteiger charge is -2.11. The lowest BCUT2D eigenvalue weighted by atomic mass is 10.1. The molecule has 3 heteroatoms. The Morgan fingerprint density at radius 1 is 1.53 bits per heavy atom. The topological polar surface area (TPSA) is 48.1 Å². The van der Waals surface area contributed by atoms with Gasteiger partial charge < -0.3 is 10.5 Å². The second-order valence-electron chi connectivity index (χ2n) is 3.49. The van der Waals surface area contributed by atoms with Crippen LogP contribution in [0.4, 0.5) is 0 Å². The molecule has 0 amide bonds. The van der Waals surface area contributed by atoms with E-state index in [1.54, 1.807) is 6.08 Å². The van der Waals surface area contributed by atoms with Gasteiger partial charge in [0.15, 0.2) is 0 Å². The van der Waals surface area contributed by atoms with Crippen molar-refractivity contribution in [2.75, 3.05) is 6.61 Å². The van der Waals surface area contributed by atoms with Crippen LogP contribution >= 0.6 is 0 Å². The van der Waals surface area contributed by atoms with Gasteiger partial charge in [-0.3, -0.25) is 4.98 Å². The summed E-state index contributed by atoms with van der Waals surface area (Å²) in [7, 11) is 0. The predicted octanol–water partition coefficient (Wildman–Crippen LogP) is 1.86. The second-order valence-corrected chi connectivity index (χ2v) is 3.49. The van der Waals surface area contributed by atoms with Crippen molar-refractivity contribution >= 4 is 0 Å². The molecule has 0 bridgehead atoms. The summed E-state index contributed by atoms with van der Waals surface area (Å²) in [4.78, 5) is 4.38. The van der Waals surface area contributed by atoms with Gasteiger partial charge in [0.1, 0.15) is 0 Å². The first-order valence-corrected chi connectivity index (χ1v) is 5.03. The maximum atomic E-state index is 5.69. The number of nitrogens with two attached hydrogens (primary N) is 1. The third kappa shape index (κ3) is 3.15. The van der Waals surface area contributed by atoms with Crippen LogP contribution in [0.1, 0.15) is 22.5 Å². The highest BCUT2D eigenvalue weighted by atomic mass is 16.5. The summed E-state index contributed by atoms with van der Waals surface area (Å²) in [5, 5.41) is 0. The molecule has 0 aliphatic rings. The number of nitrogens with zero attached hydrogens (tertiary/aromatic N) is 1. The Balaban J connectivity index is 2.88. The van der Waals surface area contributed by atoms with Crippen LogP contribution in [0.3, 0.4) is 0 Å². The van der Waals surface area contributed by atoms with Gasteiger partial charge in [-0.2, -0.15) is 0 Å². The van der Waals surface area contributed by atoms with Crippen molar-refractivity contribution in [3.8, 4) is 0 Å². The molecule has 0 unspecified atom stereocenters. The molecule has 0 radical (unpaired) electrons. The number of hydrogen-bond donors (Lipinski definition) is 1. The van der Waals surface area contributed by atoms with Gasteiger partial charge in [0.2, 0.25) is 0 Å². The predicted molar refractivity (Wildman–Crippen MR) is 61.5 cm³/mol. The van der Waals surface area contributed by atoms with E-state index in [2.05, 4.69) is 11.6 Å². The number of aromatic nitrogens is 1. The molecule has 0 spiro atoms. The van der Waals surface area contributed by atoms with E-state index in [0.29, 0.717) is 19.8 Å². The molecule has 82 valence electrons. The van der Waals surface area contributed by atoms with Crippen molar-refractivity contribution in [2.45, 2.75) is 27.0 Å². The monoisotopic (exact) mass is 206 g/mol. The lowest BCUT2D eigenvalue weighted by molar-refractivity contribution is 0.148. The largest absolute Gasteiger partial charge is 0.373 e. The molecule has 1 aromatic heterocycles. The zero-order chi connectivity index (χ0) is 11.3. The average molecular weight is 206 g/mol. The summed E-state index contributed by atoms with van der Waals surface area (Å²) < 4.78 is 5.42. The first-order chi connectivity index (χ1) is 7.19. The van der Waals surface area contributed by atoms with Crippen LogP contribution in [0, 0.1) is 13.8 Å². The number of aryl methyl sites for hydroxylation is 2. The van der Waals surface area contributed by atoms with Gasteiger partial charge in [-0.05, 0) is 31.0 Å². The molecule has 15 heavy (non-hydrogen) atoms. The van der Waals surface area contributed by atoms with Gasteiger partial charge in [0.25, 0.3) is 0 Å². The molecule has 1 rings (SSSR count). The minimum absolute atomic E-state index is 0.506. The molecule has 0 aliphatic carbocycles. The van der Waals surface area contributed by atoms with Crippen LogP contribution in [0.2, 0.25) is 0 Å². The minimum Gasteiger partial charge on any atom is -0.373 e. The van der Waals surface area contributed by atoms with Crippen molar-refractivity contribution < 1.29 is 4.74 Å². The molecule has 2 N–H and O–H groups in total. The molecular weight excluding hydrogens is 188 g/mol. The summed E-state index contributed by atoms with van der Waals surface area (Å²) in [6.45, 7) is 9.20. The van der Waals surface area contributed by atoms with Crippen LogP contribution < -0.4 is 5.73 Å². The summed E-state index contributed by atoms with van der Waals surface area (Å²) in [6.07, 6.45) is 1.74. The zero-order valence-corrected chi connectivity index (χ0v) is 9.42. The first-order valence-electron chi connectivity index (χ1n) is 5.03. The van der Waals surface area contributed by atoms with Crippen molar-refractivity contribution in [1.29, 1.82) is 0 Å². The van der Waals surface area contributed by atoms with E-state index < -0.39 is 0 Å². The van der Waals surface area contributed by atoms with Crippen LogP contribution in [-0.2, 0) is 17.9 Å². The van der Waals surface area contributed by atoms with Gasteiger partial charge >= 0.3 is 0 Å². The molecule has 3 nitrogen and oxygen atoms in total. The van der Waals surface area contributed by atoms with E-state index >= 15 is 0 Å². The third-order valence-corrected chi connectivity index (χ3v) is 2.25. The zero-order valence-electron chi connectivity index (χ0n) is 9.42. The number of rotatable bonds is 5. The summed E-state index contributed by atoms with van der Waals surface area (Å²) in [5.74, 6) is 0.